The van der Waals surface area contributed by atoms with Gasteiger partial charge in [0.05, 0.1) is 6.04 Å². The summed E-state index contributed by atoms with van der Waals surface area (Å²) in [5.41, 5.74) is 0.852. The summed E-state index contributed by atoms with van der Waals surface area (Å²) in [6.45, 7) is 0.327. The molecule has 2 fully saturated rings. The van der Waals surface area contributed by atoms with Crippen LogP contribution in [0.3, 0.4) is 0 Å². The van der Waals surface area contributed by atoms with Crippen LogP contribution in [0.5, 0.6) is 0 Å². The number of imide groups is 1. The van der Waals surface area contributed by atoms with Gasteiger partial charge in [0.1, 0.15) is 19.1 Å². The van der Waals surface area contributed by atoms with Crippen LogP contribution in [0.4, 0.5) is 18.0 Å². The quantitative estimate of drug-likeness (QED) is 0.460. The average molecular weight is 400 g/mol. The first kappa shape index (κ1) is 20.1. The van der Waals surface area contributed by atoms with Crippen LogP contribution in [0.1, 0.15) is 24.8 Å². The van der Waals surface area contributed by atoms with Crippen LogP contribution in [0.25, 0.3) is 0 Å². The van der Waals surface area contributed by atoms with Crippen molar-refractivity contribution in [2.75, 3.05) is 6.54 Å². The van der Waals surface area contributed by atoms with E-state index >= 15 is 0 Å². The van der Waals surface area contributed by atoms with Gasteiger partial charge in [-0.2, -0.15) is 18.2 Å². The van der Waals surface area contributed by atoms with E-state index in [9.17, 15) is 27.6 Å². The van der Waals surface area contributed by atoms with Crippen LogP contribution in [0.2, 0.25) is 0 Å². The van der Waals surface area contributed by atoms with E-state index < -0.39 is 36.5 Å². The summed E-state index contributed by atoms with van der Waals surface area (Å²) in [5.74, 6) is 2.69. The van der Waals surface area contributed by atoms with Gasteiger partial charge >= 0.3 is 12.2 Å². The number of hydrogen-bond donors (Lipinski definition) is 1. The molecule has 0 spiro atoms. The number of nitrogens with two attached hydrogens (primary N) is 1. The number of piperidine rings is 1. The number of nitrogens with zero attached hydrogens (tertiary/aromatic N) is 3. The number of rotatable bonds is 5. The van der Waals surface area contributed by atoms with Crippen LogP contribution in [0.15, 0.2) is 30.3 Å². The highest BCUT2D eigenvalue weighted by molar-refractivity contribution is 5.99. The second-order valence-electron chi connectivity index (χ2n) is 6.66. The second-order valence-corrected chi connectivity index (χ2v) is 6.66. The Bertz CT molecular complexity index is 759. The van der Waals surface area contributed by atoms with Crippen molar-refractivity contribution in [3.63, 3.8) is 0 Å². The van der Waals surface area contributed by atoms with Crippen molar-refractivity contribution in [2.45, 2.75) is 44.1 Å². The third-order valence-corrected chi connectivity index (χ3v) is 4.68. The lowest BCUT2D eigenvalue weighted by Crippen LogP contribution is -2.55. The summed E-state index contributed by atoms with van der Waals surface area (Å²) in [5, 5.41) is 1.14. The molecule has 4 amide bonds. The fraction of sp³-hybridized carbons (Fsp3) is 0.471. The van der Waals surface area contributed by atoms with Gasteiger partial charge in [-0.15, -0.1) is 0 Å². The summed E-state index contributed by atoms with van der Waals surface area (Å²) < 4.78 is 37.1. The molecule has 2 aliphatic rings. The van der Waals surface area contributed by atoms with E-state index in [0.29, 0.717) is 6.42 Å². The predicted octanol–water partition coefficient (Wildman–Crippen LogP) is 1.57. The van der Waals surface area contributed by atoms with Crippen molar-refractivity contribution >= 4 is 17.8 Å². The van der Waals surface area contributed by atoms with E-state index in [0.717, 1.165) is 5.56 Å². The number of alkyl halides is 3. The Labute approximate surface area is 158 Å². The molecular weight excluding hydrogens is 381 g/mol. The highest BCUT2D eigenvalue weighted by Crippen LogP contribution is 2.31. The molecule has 2 bridgehead atoms. The zero-order valence-electron chi connectivity index (χ0n) is 14.8. The number of hydrogen-bond acceptors (Lipinski definition) is 5. The van der Waals surface area contributed by atoms with Crippen LogP contribution < -0.4 is 5.84 Å². The summed E-state index contributed by atoms with van der Waals surface area (Å²) in [7, 11) is 0. The predicted molar refractivity (Wildman–Crippen MR) is 88.7 cm³/mol. The van der Waals surface area contributed by atoms with Crippen LogP contribution in [-0.4, -0.2) is 57.6 Å². The van der Waals surface area contributed by atoms with E-state index in [1.165, 1.54) is 9.96 Å². The fourth-order valence-electron chi connectivity index (χ4n) is 3.31. The minimum atomic E-state index is -4.78. The van der Waals surface area contributed by atoms with Crippen molar-refractivity contribution in [3.05, 3.63) is 35.9 Å². The second kappa shape index (κ2) is 7.76. The minimum Gasteiger partial charge on any atom is -0.309 e. The number of benzene rings is 1. The number of amides is 4. The van der Waals surface area contributed by atoms with Crippen molar-refractivity contribution < 1.29 is 32.4 Å². The lowest BCUT2D eigenvalue weighted by Gasteiger charge is -2.31. The number of hydroxylamine groups is 2. The highest BCUT2D eigenvalue weighted by atomic mass is 19.4. The Morgan fingerprint density at radius 1 is 1.21 bits per heavy atom. The molecule has 152 valence electrons. The summed E-state index contributed by atoms with van der Waals surface area (Å²) in [6.07, 6.45) is -6.05. The van der Waals surface area contributed by atoms with E-state index in [2.05, 4.69) is 0 Å². The van der Waals surface area contributed by atoms with Gasteiger partial charge in [-0.1, -0.05) is 30.3 Å². The molecule has 0 aromatic heterocycles. The maximum absolute atomic E-state index is 12.6. The van der Waals surface area contributed by atoms with Crippen molar-refractivity contribution in [2.24, 2.45) is 5.84 Å². The lowest BCUT2D eigenvalue weighted by molar-refractivity contribution is -0.166. The molecule has 3 rings (SSSR count). The number of urea groups is 1. The molecule has 1 aromatic rings. The first-order chi connectivity index (χ1) is 13.2. The molecule has 0 aliphatic carbocycles. The van der Waals surface area contributed by atoms with Gasteiger partial charge in [0.15, 0.2) is 0 Å². The molecule has 2 atom stereocenters. The van der Waals surface area contributed by atoms with Crippen LogP contribution in [-0.2, 0) is 21.0 Å². The molecule has 2 saturated heterocycles. The molecular formula is C17H19F3N4O4. The zero-order valence-corrected chi connectivity index (χ0v) is 14.8. The molecule has 2 aliphatic heterocycles. The monoisotopic (exact) mass is 400 g/mol. The van der Waals surface area contributed by atoms with Gasteiger partial charge in [0.25, 0.3) is 11.8 Å². The van der Waals surface area contributed by atoms with Crippen LogP contribution >= 0.6 is 0 Å². The molecule has 0 saturated carbocycles. The van der Waals surface area contributed by atoms with Gasteiger partial charge < -0.3 is 4.90 Å². The number of hydrazine groups is 1. The summed E-state index contributed by atoms with van der Waals surface area (Å²) in [4.78, 5) is 43.3. The first-order valence-corrected chi connectivity index (χ1v) is 8.62. The molecule has 11 heteroatoms. The number of carbonyl (C=O) groups excluding carboxylic acids is 3. The van der Waals surface area contributed by atoms with E-state index in [-0.39, 0.29) is 30.6 Å². The molecule has 0 radical (unpaired) electrons. The zero-order chi connectivity index (χ0) is 20.5. The minimum absolute atomic E-state index is 0.0424. The smallest absolute Gasteiger partial charge is 0.309 e. The fourth-order valence-corrected chi connectivity index (χ4v) is 3.31. The number of fused-ring (bicyclic) bond motifs is 2. The van der Waals surface area contributed by atoms with Crippen LogP contribution in [0, 0.1) is 0 Å². The summed E-state index contributed by atoms with van der Waals surface area (Å²) in [6, 6.07) is 7.21. The topological polar surface area (TPSA) is 96.2 Å². The molecule has 2 N–H and O–H groups in total. The van der Waals surface area contributed by atoms with Crippen molar-refractivity contribution in [1.82, 2.24) is 15.0 Å². The third-order valence-electron chi connectivity index (χ3n) is 4.68. The maximum atomic E-state index is 12.6. The number of halogens is 3. The highest BCUT2D eigenvalue weighted by Gasteiger charge is 2.49. The van der Waals surface area contributed by atoms with E-state index in [1.807, 2.05) is 30.3 Å². The Balaban J connectivity index is 1.63. The third kappa shape index (κ3) is 4.25. The van der Waals surface area contributed by atoms with Gasteiger partial charge in [0.2, 0.25) is 0 Å². The van der Waals surface area contributed by atoms with Crippen molar-refractivity contribution in [1.29, 1.82) is 0 Å². The van der Waals surface area contributed by atoms with E-state index in [4.69, 9.17) is 10.7 Å². The molecule has 1 aromatic carbocycles. The van der Waals surface area contributed by atoms with Gasteiger partial charge in [-0.05, 0) is 18.4 Å². The Hall–Kier alpha value is -2.66. The van der Waals surface area contributed by atoms with Crippen molar-refractivity contribution in [3.8, 4) is 0 Å². The van der Waals surface area contributed by atoms with Gasteiger partial charge in [-0.3, -0.25) is 14.4 Å². The maximum Gasteiger partial charge on any atom is 0.397 e. The van der Waals surface area contributed by atoms with Gasteiger partial charge in [0, 0.05) is 6.54 Å². The standard InChI is InChI=1S/C17H19F3N4O4/c18-17(19,20)8-14(25)23(21)15(26)13-7-6-12-9-22(13)16(27)24(12)28-10-11-4-2-1-3-5-11/h1-5,12-13H,6-10,21H2/t12-,13+/m0/s1. The average Bonchev–Trinajstić information content (AvgIpc) is 2.89. The Morgan fingerprint density at radius 2 is 1.89 bits per heavy atom. The molecule has 0 unspecified atom stereocenters. The van der Waals surface area contributed by atoms with E-state index in [1.54, 1.807) is 0 Å². The lowest BCUT2D eigenvalue weighted by atomic mass is 10.00. The largest absolute Gasteiger partial charge is 0.397 e. The normalized spacial score (nSPS) is 21.8. The SMILES string of the molecule is NN(C(=O)CC(F)(F)F)C(=O)[C@H]1CC[C@H]2CN1C(=O)N2OCc1ccccc1. The Kier molecular flexibility index (Phi) is 5.57. The molecule has 2 heterocycles. The number of carbonyl (C=O) groups is 3. The van der Waals surface area contributed by atoms with Gasteiger partial charge in [-0.25, -0.2) is 15.6 Å². The first-order valence-electron chi connectivity index (χ1n) is 8.62. The Morgan fingerprint density at radius 3 is 2.54 bits per heavy atom. The summed E-state index contributed by atoms with van der Waals surface area (Å²) >= 11 is 0. The molecule has 28 heavy (non-hydrogen) atoms. The molecule has 8 nitrogen and oxygen atoms in total.